The van der Waals surface area contributed by atoms with Crippen molar-refractivity contribution in [1.82, 2.24) is 24.8 Å². The van der Waals surface area contributed by atoms with Crippen molar-refractivity contribution in [1.29, 1.82) is 0 Å². The lowest BCUT2D eigenvalue weighted by Crippen LogP contribution is -2.21. The predicted molar refractivity (Wildman–Crippen MR) is 65.7 cm³/mol. The number of rotatable bonds is 4. The maximum absolute atomic E-state index is 11.6. The Morgan fingerprint density at radius 3 is 3.12 bits per heavy atom. The van der Waals surface area contributed by atoms with E-state index in [-0.39, 0.29) is 11.5 Å². The molecule has 2 aromatic rings. The molecule has 0 aliphatic heterocycles. The molecule has 0 fully saturated rings. The number of nitrogens with zero attached hydrogens (tertiary/aromatic N) is 3. The lowest BCUT2D eigenvalue weighted by atomic mass is 10.2. The van der Waals surface area contributed by atoms with Gasteiger partial charge in [-0.2, -0.15) is 4.98 Å². The molecule has 7 heteroatoms. The molecule has 0 spiro atoms. The fraction of sp³-hybridized carbons (Fsp3) is 0.500. The predicted octanol–water partition coefficient (Wildman–Crippen LogP) is -0.443. The zero-order valence-electron chi connectivity index (χ0n) is 9.90. The quantitative estimate of drug-likeness (QED) is 0.668. The van der Waals surface area contributed by atoms with Crippen molar-refractivity contribution in [2.75, 3.05) is 19.3 Å². The van der Waals surface area contributed by atoms with Crippen molar-refractivity contribution < 1.29 is 0 Å². The van der Waals surface area contributed by atoms with Crippen molar-refractivity contribution in [3.05, 3.63) is 16.7 Å². The van der Waals surface area contributed by atoms with E-state index in [9.17, 15) is 4.79 Å². The van der Waals surface area contributed by atoms with E-state index < -0.39 is 0 Å². The number of aromatic nitrogens is 4. The molecule has 0 radical (unpaired) electrons. The molecule has 0 amide bonds. The third-order valence-electron chi connectivity index (χ3n) is 2.55. The zero-order chi connectivity index (χ0) is 12.4. The Hall–Kier alpha value is -1.89. The summed E-state index contributed by atoms with van der Waals surface area (Å²) < 4.78 is 1.85. The highest BCUT2D eigenvalue weighted by atomic mass is 16.1. The molecule has 0 aromatic carbocycles. The van der Waals surface area contributed by atoms with E-state index in [2.05, 4.69) is 27.2 Å². The molecule has 2 rings (SSSR count). The van der Waals surface area contributed by atoms with Crippen LogP contribution < -0.4 is 16.6 Å². The molecular weight excluding hydrogens is 220 g/mol. The van der Waals surface area contributed by atoms with Crippen LogP contribution in [0.3, 0.4) is 0 Å². The number of aromatic amines is 1. The summed E-state index contributed by atoms with van der Waals surface area (Å²) in [5.41, 5.74) is 6.09. The molecule has 92 valence electrons. The van der Waals surface area contributed by atoms with Crippen LogP contribution in [-0.2, 0) is 6.54 Å². The van der Waals surface area contributed by atoms with E-state index in [4.69, 9.17) is 5.73 Å². The van der Waals surface area contributed by atoms with Crippen LogP contribution in [0.5, 0.6) is 0 Å². The van der Waals surface area contributed by atoms with Crippen molar-refractivity contribution in [2.24, 2.45) is 5.92 Å². The Morgan fingerprint density at radius 2 is 2.41 bits per heavy atom. The second kappa shape index (κ2) is 4.54. The third kappa shape index (κ3) is 2.28. The molecule has 0 bridgehead atoms. The molecule has 1 atom stereocenters. The van der Waals surface area contributed by atoms with E-state index in [1.165, 1.54) is 0 Å². The number of nitrogen functional groups attached to an aromatic ring is 1. The van der Waals surface area contributed by atoms with Gasteiger partial charge in [0.25, 0.3) is 5.56 Å². The SMILES string of the molecule is CNCC(C)Cn1cnc2c(=O)[nH]c(N)nc21. The van der Waals surface area contributed by atoms with Crippen LogP contribution >= 0.6 is 0 Å². The standard InChI is InChI=1S/C10H16N6O/c1-6(3-12-2)4-16-5-13-7-8(16)14-10(11)15-9(7)17/h5-6,12H,3-4H2,1-2H3,(H3,11,14,15,17). The lowest BCUT2D eigenvalue weighted by molar-refractivity contribution is 0.467. The van der Waals surface area contributed by atoms with E-state index in [0.717, 1.165) is 13.1 Å². The van der Waals surface area contributed by atoms with Gasteiger partial charge in [-0.1, -0.05) is 6.92 Å². The summed E-state index contributed by atoms with van der Waals surface area (Å²) in [5.74, 6) is 0.533. The summed E-state index contributed by atoms with van der Waals surface area (Å²) >= 11 is 0. The number of nitrogens with one attached hydrogen (secondary N) is 2. The van der Waals surface area contributed by atoms with Gasteiger partial charge in [-0.3, -0.25) is 9.78 Å². The first-order chi connectivity index (χ1) is 8.11. The number of anilines is 1. The monoisotopic (exact) mass is 236 g/mol. The highest BCUT2D eigenvalue weighted by Crippen LogP contribution is 2.09. The van der Waals surface area contributed by atoms with Gasteiger partial charge in [0.15, 0.2) is 11.2 Å². The molecular formula is C10H16N6O. The molecule has 1 unspecified atom stereocenters. The first-order valence-corrected chi connectivity index (χ1v) is 5.47. The molecule has 2 aromatic heterocycles. The minimum Gasteiger partial charge on any atom is -0.369 e. The number of fused-ring (bicyclic) bond motifs is 1. The molecule has 7 nitrogen and oxygen atoms in total. The van der Waals surface area contributed by atoms with Crippen molar-refractivity contribution in [3.63, 3.8) is 0 Å². The average molecular weight is 236 g/mol. The molecule has 0 aliphatic carbocycles. The normalized spacial score (nSPS) is 13.1. The molecule has 0 aliphatic rings. The lowest BCUT2D eigenvalue weighted by Gasteiger charge is -2.11. The zero-order valence-corrected chi connectivity index (χ0v) is 9.90. The summed E-state index contributed by atoms with van der Waals surface area (Å²) in [6, 6.07) is 0. The summed E-state index contributed by atoms with van der Waals surface area (Å²) in [6.07, 6.45) is 1.62. The van der Waals surface area contributed by atoms with E-state index in [1.54, 1.807) is 6.33 Å². The van der Waals surface area contributed by atoms with Gasteiger partial charge in [0.1, 0.15) is 0 Å². The number of nitrogens with two attached hydrogens (primary N) is 1. The maximum Gasteiger partial charge on any atom is 0.280 e. The van der Waals surface area contributed by atoms with Crippen LogP contribution in [0.25, 0.3) is 11.2 Å². The summed E-state index contributed by atoms with van der Waals surface area (Å²) in [4.78, 5) is 22.2. The smallest absolute Gasteiger partial charge is 0.280 e. The fourth-order valence-electron chi connectivity index (χ4n) is 1.85. The highest BCUT2D eigenvalue weighted by Gasteiger charge is 2.11. The first-order valence-electron chi connectivity index (χ1n) is 5.47. The van der Waals surface area contributed by atoms with Gasteiger partial charge in [-0.25, -0.2) is 4.98 Å². The van der Waals surface area contributed by atoms with Gasteiger partial charge < -0.3 is 15.6 Å². The Balaban J connectivity index is 2.39. The molecule has 2 heterocycles. The number of hydrogen-bond donors (Lipinski definition) is 3. The number of hydrogen-bond acceptors (Lipinski definition) is 5. The fourth-order valence-corrected chi connectivity index (χ4v) is 1.85. The van der Waals surface area contributed by atoms with Crippen molar-refractivity contribution in [3.8, 4) is 0 Å². The van der Waals surface area contributed by atoms with Gasteiger partial charge in [-0.05, 0) is 19.5 Å². The van der Waals surface area contributed by atoms with Gasteiger partial charge in [0.05, 0.1) is 6.33 Å². The second-order valence-corrected chi connectivity index (χ2v) is 4.18. The minimum atomic E-state index is -0.299. The van der Waals surface area contributed by atoms with Crippen molar-refractivity contribution in [2.45, 2.75) is 13.5 Å². The largest absolute Gasteiger partial charge is 0.369 e. The van der Waals surface area contributed by atoms with Crippen LogP contribution in [0.1, 0.15) is 6.92 Å². The van der Waals surface area contributed by atoms with Crippen LogP contribution in [0.15, 0.2) is 11.1 Å². The summed E-state index contributed by atoms with van der Waals surface area (Å²) in [7, 11) is 1.91. The van der Waals surface area contributed by atoms with E-state index >= 15 is 0 Å². The molecule has 0 saturated carbocycles. The van der Waals surface area contributed by atoms with Crippen LogP contribution in [0.4, 0.5) is 5.95 Å². The third-order valence-corrected chi connectivity index (χ3v) is 2.55. The Labute approximate surface area is 98.1 Å². The first kappa shape index (κ1) is 11.6. The number of H-pyrrole nitrogens is 1. The Kier molecular flexibility index (Phi) is 3.10. The van der Waals surface area contributed by atoms with Gasteiger partial charge >= 0.3 is 0 Å². The highest BCUT2D eigenvalue weighted by molar-refractivity contribution is 5.70. The van der Waals surface area contributed by atoms with E-state index in [1.807, 2.05) is 11.6 Å². The maximum atomic E-state index is 11.6. The summed E-state index contributed by atoms with van der Waals surface area (Å²) in [5, 5.41) is 3.10. The van der Waals surface area contributed by atoms with Gasteiger partial charge in [0.2, 0.25) is 5.95 Å². The summed E-state index contributed by atoms with van der Waals surface area (Å²) in [6.45, 7) is 3.74. The molecule has 0 saturated heterocycles. The molecule has 4 N–H and O–H groups in total. The number of imidazole rings is 1. The van der Waals surface area contributed by atoms with Crippen molar-refractivity contribution >= 4 is 17.1 Å². The minimum absolute atomic E-state index is 0.116. The van der Waals surface area contributed by atoms with Gasteiger partial charge in [-0.15, -0.1) is 0 Å². The Bertz CT molecular complexity index is 572. The molecule has 17 heavy (non-hydrogen) atoms. The van der Waals surface area contributed by atoms with Crippen LogP contribution in [0.2, 0.25) is 0 Å². The Morgan fingerprint density at radius 1 is 1.65 bits per heavy atom. The van der Waals surface area contributed by atoms with E-state index in [0.29, 0.717) is 17.1 Å². The van der Waals surface area contributed by atoms with Crippen LogP contribution in [-0.4, -0.2) is 33.1 Å². The van der Waals surface area contributed by atoms with Crippen LogP contribution in [0, 0.1) is 5.92 Å². The topological polar surface area (TPSA) is 102 Å². The second-order valence-electron chi connectivity index (χ2n) is 4.18. The van der Waals surface area contributed by atoms with Gasteiger partial charge in [0, 0.05) is 6.54 Å². The average Bonchev–Trinajstić information content (AvgIpc) is 2.62.